The van der Waals surface area contributed by atoms with Gasteiger partial charge in [0.05, 0.1) is 11.0 Å². The fourth-order valence-corrected chi connectivity index (χ4v) is 1.17. The molecule has 0 spiro atoms. The van der Waals surface area contributed by atoms with Gasteiger partial charge >= 0.3 is 0 Å². The van der Waals surface area contributed by atoms with Crippen LogP contribution in [0.3, 0.4) is 0 Å². The second-order valence-electron chi connectivity index (χ2n) is 3.23. The fraction of sp³-hybridized carbons (Fsp3) is 0.300. The molecule has 80 valence electrons. The highest BCUT2D eigenvalue weighted by Gasteiger charge is 2.07. The van der Waals surface area contributed by atoms with E-state index in [2.05, 4.69) is 16.9 Å². The van der Waals surface area contributed by atoms with Crippen LogP contribution < -0.4 is 5.32 Å². The smallest absolute Gasteiger partial charge is 0.274 e. The third kappa shape index (κ3) is 3.38. The lowest BCUT2D eigenvalue weighted by atomic mass is 10.2. The zero-order valence-electron chi connectivity index (χ0n) is 8.51. The average molecular weight is 207 g/mol. The number of hydrogen-bond acceptors (Lipinski definition) is 4. The summed E-state index contributed by atoms with van der Waals surface area (Å²) in [4.78, 5) is 14.1. The number of nitrogens with zero attached hydrogens (tertiary/aromatic N) is 2. The highest BCUT2D eigenvalue weighted by molar-refractivity contribution is 5.44. The fourth-order valence-electron chi connectivity index (χ4n) is 1.17. The van der Waals surface area contributed by atoms with Crippen LogP contribution >= 0.6 is 0 Å². The summed E-state index contributed by atoms with van der Waals surface area (Å²) < 4.78 is 0. The maximum Gasteiger partial charge on any atom is 0.274 e. The Morgan fingerprint density at radius 1 is 1.80 bits per heavy atom. The zero-order valence-corrected chi connectivity index (χ0v) is 8.51. The van der Waals surface area contributed by atoms with Gasteiger partial charge in [-0.05, 0) is 13.3 Å². The molecule has 0 aromatic carbocycles. The summed E-state index contributed by atoms with van der Waals surface area (Å²) in [6, 6.07) is 2.94. The maximum atomic E-state index is 10.5. The molecular weight excluding hydrogens is 194 g/mol. The molecule has 0 bridgehead atoms. The molecule has 5 nitrogen and oxygen atoms in total. The van der Waals surface area contributed by atoms with E-state index in [1.54, 1.807) is 6.08 Å². The zero-order chi connectivity index (χ0) is 11.3. The third-order valence-corrected chi connectivity index (χ3v) is 1.87. The van der Waals surface area contributed by atoms with Crippen LogP contribution in [0.25, 0.3) is 0 Å². The Hall–Kier alpha value is -1.91. The Kier molecular flexibility index (Phi) is 3.79. The average Bonchev–Trinajstić information content (AvgIpc) is 2.18. The van der Waals surface area contributed by atoms with E-state index in [0.717, 1.165) is 6.42 Å². The van der Waals surface area contributed by atoms with Gasteiger partial charge in [0.15, 0.2) is 0 Å². The van der Waals surface area contributed by atoms with E-state index in [1.165, 1.54) is 18.3 Å². The first-order valence-electron chi connectivity index (χ1n) is 4.61. The molecule has 1 N–H and O–H groups in total. The Morgan fingerprint density at radius 3 is 3.13 bits per heavy atom. The van der Waals surface area contributed by atoms with Crippen molar-refractivity contribution >= 4 is 11.5 Å². The Labute approximate surface area is 88.0 Å². The number of hydrogen-bond donors (Lipinski definition) is 1. The minimum atomic E-state index is -0.439. The minimum absolute atomic E-state index is 0.0401. The third-order valence-electron chi connectivity index (χ3n) is 1.87. The highest BCUT2D eigenvalue weighted by Crippen LogP contribution is 2.15. The molecule has 1 atom stereocenters. The van der Waals surface area contributed by atoms with Gasteiger partial charge in [-0.3, -0.25) is 10.1 Å². The van der Waals surface area contributed by atoms with Gasteiger partial charge in [-0.15, -0.1) is 6.58 Å². The molecule has 0 saturated carbocycles. The topological polar surface area (TPSA) is 68.1 Å². The predicted molar refractivity (Wildman–Crippen MR) is 58.8 cm³/mol. The minimum Gasteiger partial charge on any atom is -0.367 e. The number of rotatable bonds is 5. The molecule has 1 aromatic rings. The largest absolute Gasteiger partial charge is 0.367 e. The Balaban J connectivity index is 2.73. The quantitative estimate of drug-likeness (QED) is 0.457. The van der Waals surface area contributed by atoms with E-state index in [-0.39, 0.29) is 11.7 Å². The number of pyridine rings is 1. The van der Waals surface area contributed by atoms with Crippen LogP contribution in [-0.4, -0.2) is 15.9 Å². The van der Waals surface area contributed by atoms with Gasteiger partial charge in [0.2, 0.25) is 0 Å². The molecule has 1 aromatic heterocycles. The van der Waals surface area contributed by atoms with E-state index in [0.29, 0.717) is 5.82 Å². The summed E-state index contributed by atoms with van der Waals surface area (Å²) in [7, 11) is 0. The van der Waals surface area contributed by atoms with E-state index in [9.17, 15) is 10.1 Å². The molecule has 0 saturated heterocycles. The van der Waals surface area contributed by atoms with Crippen molar-refractivity contribution in [2.45, 2.75) is 19.4 Å². The van der Waals surface area contributed by atoms with Crippen LogP contribution in [0.1, 0.15) is 13.3 Å². The molecule has 0 aliphatic rings. The summed E-state index contributed by atoms with van der Waals surface area (Å²) in [6.07, 6.45) is 3.99. The van der Waals surface area contributed by atoms with Crippen LogP contribution in [0.2, 0.25) is 0 Å². The molecule has 0 fully saturated rings. The number of aromatic nitrogens is 1. The van der Waals surface area contributed by atoms with Gasteiger partial charge in [-0.2, -0.15) is 0 Å². The van der Waals surface area contributed by atoms with Crippen LogP contribution in [0.15, 0.2) is 31.0 Å². The van der Waals surface area contributed by atoms with Gasteiger partial charge in [0.1, 0.15) is 5.82 Å². The van der Waals surface area contributed by atoms with Crippen molar-refractivity contribution in [1.82, 2.24) is 4.98 Å². The highest BCUT2D eigenvalue weighted by atomic mass is 16.6. The lowest BCUT2D eigenvalue weighted by Crippen LogP contribution is -2.14. The van der Waals surface area contributed by atoms with Gasteiger partial charge in [-0.25, -0.2) is 4.98 Å². The molecule has 15 heavy (non-hydrogen) atoms. The lowest BCUT2D eigenvalue weighted by molar-refractivity contribution is -0.384. The first kappa shape index (κ1) is 11.2. The Morgan fingerprint density at radius 2 is 2.53 bits per heavy atom. The normalized spacial score (nSPS) is 11.8. The van der Waals surface area contributed by atoms with Crippen LogP contribution in [0.4, 0.5) is 11.5 Å². The molecular formula is C10H13N3O2. The molecule has 0 radical (unpaired) electrons. The van der Waals surface area contributed by atoms with Gasteiger partial charge < -0.3 is 5.32 Å². The van der Waals surface area contributed by atoms with Gasteiger partial charge in [0, 0.05) is 18.3 Å². The van der Waals surface area contributed by atoms with E-state index >= 15 is 0 Å². The van der Waals surface area contributed by atoms with Crippen molar-refractivity contribution < 1.29 is 4.92 Å². The Bertz CT molecular complexity index is 365. The van der Waals surface area contributed by atoms with Crippen molar-refractivity contribution in [2.75, 3.05) is 5.32 Å². The number of nitrogens with one attached hydrogen (secondary N) is 1. The second-order valence-corrected chi connectivity index (χ2v) is 3.23. The van der Waals surface area contributed by atoms with Crippen molar-refractivity contribution in [3.05, 3.63) is 41.1 Å². The molecule has 0 aliphatic carbocycles. The first-order chi connectivity index (χ1) is 7.13. The van der Waals surface area contributed by atoms with Gasteiger partial charge in [-0.1, -0.05) is 6.08 Å². The molecule has 0 amide bonds. The summed E-state index contributed by atoms with van der Waals surface area (Å²) in [5.74, 6) is 0.513. The number of anilines is 1. The molecule has 1 rings (SSSR count). The monoisotopic (exact) mass is 207 g/mol. The SMILES string of the molecule is C=CCC(C)Nc1cc([N+](=O)[O-])ccn1. The molecule has 1 heterocycles. The summed E-state index contributed by atoms with van der Waals surface area (Å²) in [5, 5.41) is 13.5. The predicted octanol–water partition coefficient (Wildman–Crippen LogP) is 2.37. The molecule has 1 unspecified atom stereocenters. The maximum absolute atomic E-state index is 10.5. The van der Waals surface area contributed by atoms with Crippen molar-refractivity contribution in [3.63, 3.8) is 0 Å². The van der Waals surface area contributed by atoms with Crippen molar-refractivity contribution in [3.8, 4) is 0 Å². The van der Waals surface area contributed by atoms with Crippen molar-refractivity contribution in [1.29, 1.82) is 0 Å². The number of nitro groups is 1. The first-order valence-corrected chi connectivity index (χ1v) is 4.61. The van der Waals surface area contributed by atoms with Gasteiger partial charge in [0.25, 0.3) is 5.69 Å². The summed E-state index contributed by atoms with van der Waals surface area (Å²) >= 11 is 0. The second kappa shape index (κ2) is 5.09. The molecule has 0 aliphatic heterocycles. The standard InChI is InChI=1S/C10H13N3O2/c1-3-4-8(2)12-10-7-9(13(14)15)5-6-11-10/h3,5-8H,1,4H2,2H3,(H,11,12). The van der Waals surface area contributed by atoms with E-state index in [1.807, 2.05) is 6.92 Å². The summed E-state index contributed by atoms with van der Waals surface area (Å²) in [5.41, 5.74) is 0.0401. The van der Waals surface area contributed by atoms with E-state index < -0.39 is 4.92 Å². The lowest BCUT2D eigenvalue weighted by Gasteiger charge is -2.11. The van der Waals surface area contributed by atoms with Crippen LogP contribution in [0, 0.1) is 10.1 Å². The summed E-state index contributed by atoms with van der Waals surface area (Å²) in [6.45, 7) is 5.58. The van der Waals surface area contributed by atoms with Crippen LogP contribution in [-0.2, 0) is 0 Å². The van der Waals surface area contributed by atoms with E-state index in [4.69, 9.17) is 0 Å². The molecule has 5 heteroatoms. The van der Waals surface area contributed by atoms with Crippen molar-refractivity contribution in [2.24, 2.45) is 0 Å². The van der Waals surface area contributed by atoms with Crippen LogP contribution in [0.5, 0.6) is 0 Å².